The number of carboxylic acid groups (broad SMARTS) is 1. The zero-order chi connectivity index (χ0) is 28.4. The molecule has 2 aromatic carbocycles. The summed E-state index contributed by atoms with van der Waals surface area (Å²) in [4.78, 5) is 40.9. The van der Waals surface area contributed by atoms with Crippen LogP contribution in [0.3, 0.4) is 0 Å². The van der Waals surface area contributed by atoms with Gasteiger partial charge in [-0.2, -0.15) is 0 Å². The van der Waals surface area contributed by atoms with E-state index in [2.05, 4.69) is 15.6 Å². The third-order valence-corrected chi connectivity index (χ3v) is 6.87. The van der Waals surface area contributed by atoms with Gasteiger partial charge in [0.1, 0.15) is 23.3 Å². The largest absolute Gasteiger partial charge is 0.484 e. The van der Waals surface area contributed by atoms with E-state index in [9.17, 15) is 18.8 Å². The second kappa shape index (κ2) is 11.0. The molecule has 5 rings (SSSR count). The Morgan fingerprint density at radius 1 is 1.18 bits per heavy atom. The van der Waals surface area contributed by atoms with Crippen molar-refractivity contribution in [3.63, 3.8) is 0 Å². The summed E-state index contributed by atoms with van der Waals surface area (Å²) in [5.74, 6) is 0.260. The number of carbonyl (C=O) groups is 3. The molecule has 1 aromatic heterocycles. The van der Waals surface area contributed by atoms with Crippen LogP contribution in [0.1, 0.15) is 28.4 Å². The van der Waals surface area contributed by atoms with E-state index in [1.807, 2.05) is 18.2 Å². The number of alkyl halides is 1. The molecule has 3 aromatic rings. The summed E-state index contributed by atoms with van der Waals surface area (Å²) < 4.78 is 19.7. The van der Waals surface area contributed by atoms with E-state index < -0.39 is 11.8 Å². The minimum absolute atomic E-state index is 0.102. The summed E-state index contributed by atoms with van der Waals surface area (Å²) in [6.07, 6.45) is 3.51. The molecule has 1 fully saturated rings. The van der Waals surface area contributed by atoms with Crippen molar-refractivity contribution in [1.82, 2.24) is 15.2 Å². The van der Waals surface area contributed by atoms with E-state index in [1.54, 1.807) is 30.3 Å². The minimum atomic E-state index is -1.32. The second-order valence-corrected chi connectivity index (χ2v) is 10.4. The molecule has 3 heterocycles. The number of nitrogens with one attached hydrogen (secondary N) is 2. The number of anilines is 1. The molecule has 0 spiro atoms. The van der Waals surface area contributed by atoms with Gasteiger partial charge in [-0.1, -0.05) is 29.8 Å². The monoisotopic (exact) mass is 564 g/mol. The molecular weight excluding hydrogens is 539 g/mol. The fourth-order valence-electron chi connectivity index (χ4n) is 4.65. The van der Waals surface area contributed by atoms with Crippen molar-refractivity contribution in [2.75, 3.05) is 18.4 Å². The first-order valence-corrected chi connectivity index (χ1v) is 12.9. The van der Waals surface area contributed by atoms with E-state index in [4.69, 9.17) is 21.4 Å². The number of halogens is 2. The number of hydrogen-bond acceptors (Lipinski definition) is 5. The Kier molecular flexibility index (Phi) is 7.44. The van der Waals surface area contributed by atoms with Crippen LogP contribution in [-0.2, 0) is 17.8 Å². The first-order chi connectivity index (χ1) is 19.1. The molecule has 0 bridgehead atoms. The molecule has 206 valence electrons. The predicted octanol–water partition coefficient (Wildman–Crippen LogP) is 4.85. The molecule has 1 saturated heterocycles. The fraction of sp³-hybridized carbons (Fsp3) is 0.241. The Morgan fingerprint density at radius 3 is 2.58 bits per heavy atom. The highest BCUT2D eigenvalue weighted by Gasteiger charge is 2.41. The fourth-order valence-corrected chi connectivity index (χ4v) is 4.94. The van der Waals surface area contributed by atoms with Crippen LogP contribution in [0.25, 0.3) is 11.1 Å². The van der Waals surface area contributed by atoms with Gasteiger partial charge in [0.2, 0.25) is 5.91 Å². The molecule has 0 radical (unpaired) electrons. The number of aromatic nitrogens is 1. The molecule has 0 aliphatic carbocycles. The third-order valence-electron chi connectivity index (χ3n) is 6.59. The van der Waals surface area contributed by atoms with Crippen molar-refractivity contribution in [2.45, 2.75) is 31.7 Å². The van der Waals surface area contributed by atoms with Crippen molar-refractivity contribution in [3.8, 4) is 16.9 Å². The molecule has 11 heteroatoms. The number of ether oxygens (including phenoxy) is 1. The number of carbonyl (C=O) groups excluding carboxylic acids is 2. The Labute approximate surface area is 234 Å². The number of benzene rings is 2. The summed E-state index contributed by atoms with van der Waals surface area (Å²) >= 11 is 6.52. The van der Waals surface area contributed by atoms with E-state index >= 15 is 0 Å². The first kappa shape index (κ1) is 27.1. The number of pyridine rings is 1. The summed E-state index contributed by atoms with van der Waals surface area (Å²) in [5.41, 5.74) is 2.54. The molecule has 3 N–H and O–H groups in total. The molecule has 9 nitrogen and oxygen atoms in total. The average molecular weight is 565 g/mol. The van der Waals surface area contributed by atoms with Crippen LogP contribution in [0, 0.1) is 0 Å². The van der Waals surface area contributed by atoms with Gasteiger partial charge >= 0.3 is 6.09 Å². The van der Waals surface area contributed by atoms with Gasteiger partial charge in [0, 0.05) is 36.4 Å². The van der Waals surface area contributed by atoms with Crippen molar-refractivity contribution in [1.29, 1.82) is 0 Å². The van der Waals surface area contributed by atoms with Crippen LogP contribution in [0.2, 0.25) is 5.02 Å². The van der Waals surface area contributed by atoms with E-state index in [1.165, 1.54) is 30.2 Å². The molecule has 1 atom stereocenters. The van der Waals surface area contributed by atoms with E-state index in [-0.39, 0.29) is 43.4 Å². The lowest BCUT2D eigenvalue weighted by Gasteiger charge is -2.42. The number of amides is 3. The van der Waals surface area contributed by atoms with Crippen molar-refractivity contribution in [2.24, 2.45) is 0 Å². The van der Waals surface area contributed by atoms with Gasteiger partial charge in [0.05, 0.1) is 18.1 Å². The zero-order valence-electron chi connectivity index (χ0n) is 21.5. The van der Waals surface area contributed by atoms with Crippen LogP contribution in [0.4, 0.5) is 15.0 Å². The standard InChI is InChI=1S/C29H26ClFN4O5/c1-29(31)15-35(16-29)27(37)19-5-3-18(4-6-19)20-10-21-11-22(40-26(21)23(30)12-20)7-9-25(36)33-14-17-2-8-24(32-13-17)34-28(38)39/h2-10,12-13,22H,11,14-16H2,1H3,(H,32,34)(H,33,36)(H,38,39). The van der Waals surface area contributed by atoms with Gasteiger partial charge in [-0.15, -0.1) is 0 Å². The van der Waals surface area contributed by atoms with Gasteiger partial charge in [0.15, 0.2) is 0 Å². The number of likely N-dealkylation sites (tertiary alicyclic amines) is 1. The lowest BCUT2D eigenvalue weighted by molar-refractivity contribution is -0.116. The topological polar surface area (TPSA) is 121 Å². The van der Waals surface area contributed by atoms with Gasteiger partial charge in [-0.3, -0.25) is 14.9 Å². The van der Waals surface area contributed by atoms with E-state index in [0.29, 0.717) is 28.3 Å². The van der Waals surface area contributed by atoms with Crippen LogP contribution in [-0.4, -0.2) is 57.8 Å². The number of nitrogens with zero attached hydrogens (tertiary/aromatic N) is 2. The quantitative estimate of drug-likeness (QED) is 0.353. The first-order valence-electron chi connectivity index (χ1n) is 12.5. The predicted molar refractivity (Wildman–Crippen MR) is 147 cm³/mol. The second-order valence-electron chi connectivity index (χ2n) is 10.0. The van der Waals surface area contributed by atoms with Crippen LogP contribution < -0.4 is 15.4 Å². The molecule has 2 aliphatic heterocycles. The normalized spacial score (nSPS) is 17.1. The lowest BCUT2D eigenvalue weighted by Crippen LogP contribution is -2.59. The zero-order valence-corrected chi connectivity index (χ0v) is 22.2. The van der Waals surface area contributed by atoms with Gasteiger partial charge in [-0.25, -0.2) is 14.2 Å². The highest BCUT2D eigenvalue weighted by atomic mass is 35.5. The number of fused-ring (bicyclic) bond motifs is 1. The Morgan fingerprint density at radius 2 is 1.93 bits per heavy atom. The van der Waals surface area contributed by atoms with Crippen molar-refractivity contribution < 1.29 is 28.6 Å². The number of rotatable bonds is 7. The minimum Gasteiger partial charge on any atom is -0.484 e. The van der Waals surface area contributed by atoms with Crippen LogP contribution in [0.15, 0.2) is 66.9 Å². The summed E-state index contributed by atoms with van der Waals surface area (Å²) in [7, 11) is 0. The molecule has 1 unspecified atom stereocenters. The van der Waals surface area contributed by atoms with Crippen molar-refractivity contribution >= 4 is 35.3 Å². The molecule has 40 heavy (non-hydrogen) atoms. The Bertz CT molecular complexity index is 1480. The highest BCUT2D eigenvalue weighted by molar-refractivity contribution is 6.32. The summed E-state index contributed by atoms with van der Waals surface area (Å²) in [5, 5.41) is 14.1. The Hall–Kier alpha value is -4.44. The summed E-state index contributed by atoms with van der Waals surface area (Å²) in [6, 6.07) is 14.1. The Balaban J connectivity index is 1.16. The van der Waals surface area contributed by atoms with Gasteiger partial charge in [0.25, 0.3) is 5.91 Å². The van der Waals surface area contributed by atoms with Gasteiger partial charge in [-0.05, 0) is 60.0 Å². The highest BCUT2D eigenvalue weighted by Crippen LogP contribution is 2.40. The smallest absolute Gasteiger partial charge is 0.410 e. The van der Waals surface area contributed by atoms with Crippen LogP contribution in [0.5, 0.6) is 5.75 Å². The maximum absolute atomic E-state index is 13.8. The van der Waals surface area contributed by atoms with Crippen LogP contribution >= 0.6 is 11.6 Å². The SMILES string of the molecule is CC1(F)CN(C(=O)c2ccc(-c3cc(Cl)c4c(c3)CC(C=CC(=O)NCc3ccc(NC(=O)O)nc3)O4)cc2)C1. The van der Waals surface area contributed by atoms with E-state index in [0.717, 1.165) is 16.7 Å². The third kappa shape index (κ3) is 6.23. The number of hydrogen-bond donors (Lipinski definition) is 3. The van der Waals surface area contributed by atoms with Crippen molar-refractivity contribution in [3.05, 3.63) is 88.6 Å². The molecule has 0 saturated carbocycles. The average Bonchev–Trinajstić information content (AvgIpc) is 3.33. The maximum Gasteiger partial charge on any atom is 0.410 e. The molecular formula is C29H26ClFN4O5. The molecule has 2 aliphatic rings. The maximum atomic E-state index is 13.8. The molecule has 3 amide bonds. The lowest BCUT2D eigenvalue weighted by atomic mass is 9.96. The summed E-state index contributed by atoms with van der Waals surface area (Å²) in [6.45, 7) is 1.92. The van der Waals surface area contributed by atoms with Gasteiger partial charge < -0.3 is 20.1 Å².